The van der Waals surface area contributed by atoms with Gasteiger partial charge in [-0.15, -0.1) is 0 Å². The largest absolute Gasteiger partial charge is 0.506 e. The molecule has 0 aliphatic heterocycles. The number of para-hydroxylation sites is 4. The lowest BCUT2D eigenvalue weighted by Crippen LogP contribution is -2.13. The van der Waals surface area contributed by atoms with Gasteiger partial charge >= 0.3 is 0 Å². The average Bonchev–Trinajstić information content (AvgIpc) is 2.86. The molecule has 0 aliphatic rings. The number of carbonyl (C=O) groups is 2. The number of aromatic hydroxyl groups is 2. The fraction of sp³-hybridized carbons (Fsp3) is 0. The molecule has 0 spiro atoms. The van der Waals surface area contributed by atoms with Gasteiger partial charge in [-0.3, -0.25) is 9.59 Å². The molecule has 4 N–H and O–H groups in total. The molecular formula is C26H20N2O4S2. The Labute approximate surface area is 204 Å². The Morgan fingerprint density at radius 2 is 0.882 bits per heavy atom. The van der Waals surface area contributed by atoms with Crippen LogP contribution < -0.4 is 10.6 Å². The van der Waals surface area contributed by atoms with Crippen molar-refractivity contribution in [1.82, 2.24) is 0 Å². The summed E-state index contributed by atoms with van der Waals surface area (Å²) >= 11 is 0. The molecule has 0 radical (unpaired) electrons. The maximum Gasteiger partial charge on any atom is 0.256 e. The average molecular weight is 489 g/mol. The topological polar surface area (TPSA) is 98.7 Å². The van der Waals surface area contributed by atoms with Gasteiger partial charge in [-0.2, -0.15) is 0 Å². The highest BCUT2D eigenvalue weighted by atomic mass is 33.1. The van der Waals surface area contributed by atoms with E-state index in [0.29, 0.717) is 32.3 Å². The van der Waals surface area contributed by atoms with E-state index < -0.39 is 0 Å². The standard InChI is InChI=1S/C26H20N2O4S2/c29-21-13-5-3-11-19(21)27-25(31)17-9-1-7-15-23(17)33-34-24-16-8-2-10-18(24)26(32)28-20-12-4-6-14-22(20)30/h1-16,29-30H,(H,27,31)(H,28,32). The lowest BCUT2D eigenvalue weighted by molar-refractivity contribution is 0.101. The van der Waals surface area contributed by atoms with E-state index in [1.165, 1.54) is 33.7 Å². The number of nitrogens with one attached hydrogen (secondary N) is 2. The predicted molar refractivity (Wildman–Crippen MR) is 137 cm³/mol. The van der Waals surface area contributed by atoms with E-state index in [4.69, 9.17) is 0 Å². The number of phenols is 2. The lowest BCUT2D eigenvalue weighted by atomic mass is 10.2. The minimum atomic E-state index is -0.351. The molecule has 8 heteroatoms. The predicted octanol–water partition coefficient (Wildman–Crippen LogP) is 6.40. The van der Waals surface area contributed by atoms with Crippen LogP contribution >= 0.6 is 21.6 Å². The molecule has 6 nitrogen and oxygen atoms in total. The fourth-order valence-electron chi connectivity index (χ4n) is 3.08. The quantitative estimate of drug-likeness (QED) is 0.177. The van der Waals surface area contributed by atoms with E-state index >= 15 is 0 Å². The van der Waals surface area contributed by atoms with E-state index in [0.717, 1.165) is 0 Å². The first kappa shape index (κ1) is 23.3. The highest BCUT2D eigenvalue weighted by Crippen LogP contribution is 2.41. The van der Waals surface area contributed by atoms with Crippen molar-refractivity contribution in [2.45, 2.75) is 9.79 Å². The smallest absolute Gasteiger partial charge is 0.256 e. The summed E-state index contributed by atoms with van der Waals surface area (Å²) in [4.78, 5) is 27.2. The summed E-state index contributed by atoms with van der Waals surface area (Å²) in [5, 5.41) is 25.4. The Hall–Kier alpha value is -3.88. The third-order valence-electron chi connectivity index (χ3n) is 4.79. The second-order valence-electron chi connectivity index (χ2n) is 7.10. The molecule has 34 heavy (non-hydrogen) atoms. The second-order valence-corrected chi connectivity index (χ2v) is 9.31. The van der Waals surface area contributed by atoms with Crippen LogP contribution in [0.5, 0.6) is 11.5 Å². The van der Waals surface area contributed by atoms with Crippen molar-refractivity contribution in [3.8, 4) is 11.5 Å². The summed E-state index contributed by atoms with van der Waals surface area (Å²) in [6.45, 7) is 0. The summed E-state index contributed by atoms with van der Waals surface area (Å²) in [5.74, 6) is -0.730. The second kappa shape index (κ2) is 10.8. The van der Waals surface area contributed by atoms with E-state index in [1.807, 2.05) is 24.3 Å². The van der Waals surface area contributed by atoms with Crippen molar-refractivity contribution in [2.75, 3.05) is 10.6 Å². The molecule has 170 valence electrons. The van der Waals surface area contributed by atoms with Gasteiger partial charge in [0.1, 0.15) is 11.5 Å². The van der Waals surface area contributed by atoms with Crippen molar-refractivity contribution >= 4 is 44.8 Å². The zero-order valence-electron chi connectivity index (χ0n) is 17.8. The molecule has 0 atom stereocenters. The number of hydrogen-bond donors (Lipinski definition) is 4. The lowest BCUT2D eigenvalue weighted by Gasteiger charge is -2.12. The van der Waals surface area contributed by atoms with Crippen LogP contribution in [0.25, 0.3) is 0 Å². The van der Waals surface area contributed by atoms with Crippen LogP contribution in [0, 0.1) is 0 Å². The van der Waals surface area contributed by atoms with E-state index in [9.17, 15) is 19.8 Å². The Morgan fingerprint density at radius 1 is 0.529 bits per heavy atom. The summed E-state index contributed by atoms with van der Waals surface area (Å²) in [6, 6.07) is 27.3. The van der Waals surface area contributed by atoms with E-state index in [2.05, 4.69) is 10.6 Å². The molecule has 4 rings (SSSR count). The van der Waals surface area contributed by atoms with Crippen LogP contribution in [0.3, 0.4) is 0 Å². The summed E-state index contributed by atoms with van der Waals surface area (Å²) in [5.41, 5.74) is 1.54. The zero-order chi connectivity index (χ0) is 23.9. The van der Waals surface area contributed by atoms with Gasteiger partial charge in [-0.1, -0.05) is 70.1 Å². The molecule has 4 aromatic rings. The maximum absolute atomic E-state index is 12.9. The number of amides is 2. The summed E-state index contributed by atoms with van der Waals surface area (Å²) in [7, 11) is 2.70. The molecule has 0 fully saturated rings. The third-order valence-corrected chi connectivity index (χ3v) is 7.27. The SMILES string of the molecule is O=C(Nc1ccccc1O)c1ccccc1SSc1ccccc1C(=O)Nc1ccccc1O. The molecule has 0 aliphatic carbocycles. The normalized spacial score (nSPS) is 10.5. The number of benzene rings is 4. The molecule has 0 saturated carbocycles. The van der Waals surface area contributed by atoms with Crippen LogP contribution in [0.1, 0.15) is 20.7 Å². The van der Waals surface area contributed by atoms with Crippen molar-refractivity contribution in [3.05, 3.63) is 108 Å². The summed E-state index contributed by atoms with van der Waals surface area (Å²) < 4.78 is 0. The summed E-state index contributed by atoms with van der Waals surface area (Å²) in [6.07, 6.45) is 0. The van der Waals surface area contributed by atoms with E-state index in [1.54, 1.807) is 60.7 Å². The van der Waals surface area contributed by atoms with Crippen LogP contribution in [0.15, 0.2) is 107 Å². The minimum absolute atomic E-state index is 0.0141. The molecule has 0 unspecified atom stereocenters. The van der Waals surface area contributed by atoms with Crippen LogP contribution in [-0.4, -0.2) is 22.0 Å². The maximum atomic E-state index is 12.9. The zero-order valence-corrected chi connectivity index (χ0v) is 19.4. The van der Waals surface area contributed by atoms with Crippen molar-refractivity contribution in [3.63, 3.8) is 0 Å². The van der Waals surface area contributed by atoms with Crippen LogP contribution in [0.2, 0.25) is 0 Å². The molecule has 0 aromatic heterocycles. The van der Waals surface area contributed by atoms with Gasteiger partial charge in [0.05, 0.1) is 22.5 Å². The van der Waals surface area contributed by atoms with E-state index in [-0.39, 0.29) is 23.3 Å². The molecule has 0 heterocycles. The minimum Gasteiger partial charge on any atom is -0.506 e. The van der Waals surface area contributed by atoms with Crippen molar-refractivity contribution in [2.24, 2.45) is 0 Å². The van der Waals surface area contributed by atoms with Crippen molar-refractivity contribution < 1.29 is 19.8 Å². The number of phenolic OH excluding ortho intramolecular Hbond substituents is 2. The highest BCUT2D eigenvalue weighted by molar-refractivity contribution is 8.76. The highest BCUT2D eigenvalue weighted by Gasteiger charge is 2.17. The van der Waals surface area contributed by atoms with Gasteiger partial charge < -0.3 is 20.8 Å². The number of rotatable bonds is 7. The Balaban J connectivity index is 1.51. The van der Waals surface area contributed by atoms with Gasteiger partial charge in [0, 0.05) is 9.79 Å². The Morgan fingerprint density at radius 3 is 1.29 bits per heavy atom. The van der Waals surface area contributed by atoms with Crippen LogP contribution in [0.4, 0.5) is 11.4 Å². The first-order valence-electron chi connectivity index (χ1n) is 10.2. The monoisotopic (exact) mass is 488 g/mol. The number of anilines is 2. The van der Waals surface area contributed by atoms with Gasteiger partial charge in [0.15, 0.2) is 0 Å². The Bertz CT molecular complexity index is 1240. The van der Waals surface area contributed by atoms with Gasteiger partial charge in [-0.25, -0.2) is 0 Å². The molecule has 2 amide bonds. The third kappa shape index (κ3) is 5.54. The molecular weight excluding hydrogens is 468 g/mol. The molecule has 0 saturated heterocycles. The molecule has 4 aromatic carbocycles. The van der Waals surface area contributed by atoms with Crippen LogP contribution in [-0.2, 0) is 0 Å². The number of carbonyl (C=O) groups excluding carboxylic acids is 2. The fourth-order valence-corrected chi connectivity index (χ4v) is 5.44. The van der Waals surface area contributed by atoms with Gasteiger partial charge in [0.25, 0.3) is 11.8 Å². The Kier molecular flexibility index (Phi) is 7.41. The number of hydrogen-bond acceptors (Lipinski definition) is 6. The van der Waals surface area contributed by atoms with Gasteiger partial charge in [-0.05, 0) is 48.5 Å². The van der Waals surface area contributed by atoms with Crippen molar-refractivity contribution in [1.29, 1.82) is 0 Å². The first-order chi connectivity index (χ1) is 16.5. The van der Waals surface area contributed by atoms with Gasteiger partial charge in [0.2, 0.25) is 0 Å². The molecule has 0 bridgehead atoms. The first-order valence-corrected chi connectivity index (χ1v) is 12.4.